The number of aryl methyl sites for hydroxylation is 1. The predicted molar refractivity (Wildman–Crippen MR) is 135 cm³/mol. The van der Waals surface area contributed by atoms with Crippen LogP contribution in [0.3, 0.4) is 0 Å². The maximum Gasteiger partial charge on any atom is 0.307 e. The molecule has 1 spiro atoms. The van der Waals surface area contributed by atoms with Gasteiger partial charge < -0.3 is 19.3 Å². The molecule has 0 aromatic heterocycles. The van der Waals surface area contributed by atoms with E-state index in [1.807, 2.05) is 6.07 Å². The Morgan fingerprint density at radius 1 is 1.06 bits per heavy atom. The van der Waals surface area contributed by atoms with E-state index >= 15 is 0 Å². The van der Waals surface area contributed by atoms with Crippen LogP contribution in [0.2, 0.25) is 0 Å². The molecule has 2 fully saturated rings. The molecule has 5 heteroatoms. The van der Waals surface area contributed by atoms with E-state index in [9.17, 15) is 9.90 Å². The number of carbonyl (C=O) groups is 1. The van der Waals surface area contributed by atoms with Gasteiger partial charge in [0.15, 0.2) is 0 Å². The average molecular weight is 479 g/mol. The fourth-order valence-electron chi connectivity index (χ4n) is 6.66. The molecule has 3 aliphatic rings. The molecule has 3 aliphatic carbocycles. The number of rotatable bonds is 9. The van der Waals surface area contributed by atoms with Crippen molar-refractivity contribution >= 4 is 5.97 Å². The van der Waals surface area contributed by atoms with E-state index in [0.29, 0.717) is 25.7 Å². The number of hydrogen-bond donors (Lipinski definition) is 1. The molecule has 3 atom stereocenters. The molecule has 0 amide bonds. The van der Waals surface area contributed by atoms with E-state index in [-0.39, 0.29) is 16.7 Å². The molecule has 0 bridgehead atoms. The topological polar surface area (TPSA) is 65.0 Å². The summed E-state index contributed by atoms with van der Waals surface area (Å²) in [5, 5.41) is 9.61. The second-order valence-corrected chi connectivity index (χ2v) is 11.4. The summed E-state index contributed by atoms with van der Waals surface area (Å²) < 4.78 is 17.6. The highest BCUT2D eigenvalue weighted by Gasteiger charge is 2.60. The predicted octanol–water partition coefficient (Wildman–Crippen LogP) is 6.26. The number of ether oxygens (including phenoxy) is 3. The van der Waals surface area contributed by atoms with Crippen molar-refractivity contribution in [3.63, 3.8) is 0 Å². The van der Waals surface area contributed by atoms with Gasteiger partial charge >= 0.3 is 5.97 Å². The summed E-state index contributed by atoms with van der Waals surface area (Å²) in [7, 11) is 1.69. The number of carboxylic acid groups (broad SMARTS) is 1. The molecule has 0 saturated heterocycles. The molecule has 35 heavy (non-hydrogen) atoms. The Hall–Kier alpha value is -2.53. The monoisotopic (exact) mass is 478 g/mol. The number of methoxy groups -OCH3 is 1. The van der Waals surface area contributed by atoms with Gasteiger partial charge in [0.25, 0.3) is 0 Å². The van der Waals surface area contributed by atoms with Gasteiger partial charge in [-0.15, -0.1) is 0 Å². The van der Waals surface area contributed by atoms with Crippen molar-refractivity contribution < 1.29 is 24.1 Å². The van der Waals surface area contributed by atoms with Crippen LogP contribution in [0, 0.1) is 11.3 Å². The SMILES string of the molecule is COCCOc1ccc(COc2ccc3c(c2)[C@@]2(CCC3)C[C@@H]2C(=O)O)cc1[C@@H]1CCCC1(C)C. The van der Waals surface area contributed by atoms with Crippen molar-refractivity contribution in [2.45, 2.75) is 76.7 Å². The lowest BCUT2D eigenvalue weighted by atomic mass is 9.77. The Labute approximate surface area is 208 Å². The van der Waals surface area contributed by atoms with Crippen LogP contribution < -0.4 is 9.47 Å². The van der Waals surface area contributed by atoms with Gasteiger partial charge in [-0.1, -0.05) is 32.4 Å². The van der Waals surface area contributed by atoms with Gasteiger partial charge in [0, 0.05) is 12.5 Å². The van der Waals surface area contributed by atoms with Crippen LogP contribution in [0.5, 0.6) is 11.5 Å². The lowest BCUT2D eigenvalue weighted by Gasteiger charge is -2.29. The summed E-state index contributed by atoms with van der Waals surface area (Å²) in [5.74, 6) is 1.32. The largest absolute Gasteiger partial charge is 0.491 e. The Kier molecular flexibility index (Phi) is 6.56. The molecule has 0 unspecified atom stereocenters. The van der Waals surface area contributed by atoms with Crippen molar-refractivity contribution in [3.8, 4) is 11.5 Å². The molecule has 0 aliphatic heterocycles. The third-order valence-corrected chi connectivity index (χ3v) is 8.72. The summed E-state index contributed by atoms with van der Waals surface area (Å²) >= 11 is 0. The van der Waals surface area contributed by atoms with Crippen molar-refractivity contribution in [1.82, 2.24) is 0 Å². The zero-order chi connectivity index (χ0) is 24.6. The highest BCUT2D eigenvalue weighted by Crippen LogP contribution is 2.60. The van der Waals surface area contributed by atoms with Crippen molar-refractivity contribution in [2.75, 3.05) is 20.3 Å². The number of benzene rings is 2. The first-order valence-electron chi connectivity index (χ1n) is 13.1. The van der Waals surface area contributed by atoms with Gasteiger partial charge in [0.1, 0.15) is 24.7 Å². The third kappa shape index (κ3) is 4.67. The Balaban J connectivity index is 1.35. The molecule has 5 rings (SSSR count). The zero-order valence-electron chi connectivity index (χ0n) is 21.3. The third-order valence-electron chi connectivity index (χ3n) is 8.72. The van der Waals surface area contributed by atoms with Crippen LogP contribution in [0.15, 0.2) is 36.4 Å². The Bertz CT molecular complexity index is 1090. The standard InChI is InChI=1S/C30H38O5/c1-29(2)12-5-7-24(29)23-16-20(8-11-27(23)34-15-14-33-3)19-35-22-10-9-21-6-4-13-30(25(21)17-22)18-26(30)28(31)32/h8-11,16-17,24,26H,4-7,12-15,18-19H2,1-3H3,(H,31,32)/t24-,26+,30+/m0/s1. The first-order valence-corrected chi connectivity index (χ1v) is 13.1. The summed E-state index contributed by atoms with van der Waals surface area (Å²) in [5.41, 5.74) is 4.96. The van der Waals surface area contributed by atoms with Crippen LogP contribution in [0.25, 0.3) is 0 Å². The van der Waals surface area contributed by atoms with Crippen molar-refractivity contribution in [3.05, 3.63) is 58.7 Å². The van der Waals surface area contributed by atoms with E-state index in [4.69, 9.17) is 14.2 Å². The van der Waals surface area contributed by atoms with Crippen molar-refractivity contribution in [1.29, 1.82) is 0 Å². The van der Waals surface area contributed by atoms with Gasteiger partial charge in [-0.25, -0.2) is 0 Å². The fraction of sp³-hybridized carbons (Fsp3) is 0.567. The van der Waals surface area contributed by atoms with Crippen molar-refractivity contribution in [2.24, 2.45) is 11.3 Å². The summed E-state index contributed by atoms with van der Waals surface area (Å²) in [6.45, 7) is 6.31. The van der Waals surface area contributed by atoms with E-state index in [1.165, 1.54) is 36.0 Å². The molecule has 2 aromatic rings. The maximum atomic E-state index is 11.7. The lowest BCUT2D eigenvalue weighted by Crippen LogP contribution is -2.21. The summed E-state index contributed by atoms with van der Waals surface area (Å²) in [6, 6.07) is 12.7. The molecule has 5 nitrogen and oxygen atoms in total. The van der Waals surface area contributed by atoms with E-state index < -0.39 is 5.97 Å². The highest BCUT2D eigenvalue weighted by atomic mass is 16.5. The second kappa shape index (κ2) is 9.50. The zero-order valence-corrected chi connectivity index (χ0v) is 21.3. The second-order valence-electron chi connectivity index (χ2n) is 11.4. The number of fused-ring (bicyclic) bond motifs is 2. The minimum Gasteiger partial charge on any atom is -0.491 e. The van der Waals surface area contributed by atoms with E-state index in [2.05, 4.69) is 44.2 Å². The number of aliphatic carboxylic acids is 1. The molecule has 2 saturated carbocycles. The van der Waals surface area contributed by atoms with Gasteiger partial charge in [-0.2, -0.15) is 0 Å². The minimum atomic E-state index is -0.667. The van der Waals surface area contributed by atoms with Gasteiger partial charge in [0.05, 0.1) is 12.5 Å². The normalized spacial score (nSPS) is 26.4. The summed E-state index contributed by atoms with van der Waals surface area (Å²) in [6.07, 6.45) is 7.45. The van der Waals surface area contributed by atoms with E-state index in [0.717, 1.165) is 42.7 Å². The molecular weight excluding hydrogens is 440 g/mol. The van der Waals surface area contributed by atoms with Crippen LogP contribution in [0.4, 0.5) is 0 Å². The molecule has 0 heterocycles. The molecule has 188 valence electrons. The smallest absolute Gasteiger partial charge is 0.307 e. The van der Waals surface area contributed by atoms with Crippen LogP contribution in [-0.4, -0.2) is 31.4 Å². The van der Waals surface area contributed by atoms with Gasteiger partial charge in [-0.3, -0.25) is 4.79 Å². The quantitative estimate of drug-likeness (QED) is 0.431. The molecule has 1 N–H and O–H groups in total. The fourth-order valence-corrected chi connectivity index (χ4v) is 6.66. The van der Waals surface area contributed by atoms with Gasteiger partial charge in [0.2, 0.25) is 0 Å². The summed E-state index contributed by atoms with van der Waals surface area (Å²) in [4.78, 5) is 11.7. The Morgan fingerprint density at radius 2 is 1.91 bits per heavy atom. The van der Waals surface area contributed by atoms with Crippen LogP contribution >= 0.6 is 0 Å². The Morgan fingerprint density at radius 3 is 2.63 bits per heavy atom. The van der Waals surface area contributed by atoms with Crippen LogP contribution in [-0.2, 0) is 28.0 Å². The van der Waals surface area contributed by atoms with Crippen LogP contribution in [0.1, 0.15) is 80.5 Å². The maximum absolute atomic E-state index is 11.7. The molecule has 0 radical (unpaired) electrons. The van der Waals surface area contributed by atoms with Gasteiger partial charge in [-0.05, 0) is 96.4 Å². The minimum absolute atomic E-state index is 0.179. The average Bonchev–Trinajstić information content (AvgIpc) is 3.45. The molecule has 2 aromatic carbocycles. The molecular formula is C30H38O5. The number of carboxylic acids is 1. The van der Waals surface area contributed by atoms with E-state index in [1.54, 1.807) is 7.11 Å². The number of hydrogen-bond acceptors (Lipinski definition) is 4. The first-order chi connectivity index (χ1) is 16.8. The highest BCUT2D eigenvalue weighted by molar-refractivity contribution is 5.78. The lowest BCUT2D eigenvalue weighted by molar-refractivity contribution is -0.139. The first kappa shape index (κ1) is 24.2.